The molecule has 112 valence electrons. The van der Waals surface area contributed by atoms with Crippen LogP contribution < -0.4 is 0 Å². The van der Waals surface area contributed by atoms with Crippen LogP contribution >= 0.6 is 0 Å². The van der Waals surface area contributed by atoms with Crippen LogP contribution in [0.25, 0.3) is 0 Å². The first-order chi connectivity index (χ1) is 9.15. The number of nitrogens with zero attached hydrogens (tertiary/aromatic N) is 1. The van der Waals surface area contributed by atoms with E-state index in [-0.39, 0.29) is 12.2 Å². The SMILES string of the molecule is CC1CCC(C)N(CC(O)COC2CCOCC2)C1. The number of β-amino-alcohol motifs (C(OH)–C–C–N with tert-alkyl or cyclic N) is 1. The minimum atomic E-state index is -0.365. The number of aliphatic hydroxyl groups excluding tert-OH is 1. The monoisotopic (exact) mass is 271 g/mol. The Hall–Kier alpha value is -0.160. The van der Waals surface area contributed by atoms with Crippen molar-refractivity contribution in [3.05, 3.63) is 0 Å². The Labute approximate surface area is 117 Å². The molecule has 0 spiro atoms. The molecular formula is C15H29NO3. The van der Waals surface area contributed by atoms with Crippen molar-refractivity contribution in [2.75, 3.05) is 32.9 Å². The van der Waals surface area contributed by atoms with E-state index in [1.165, 1.54) is 12.8 Å². The topological polar surface area (TPSA) is 41.9 Å². The molecule has 3 unspecified atom stereocenters. The molecule has 0 amide bonds. The Morgan fingerprint density at radius 3 is 2.68 bits per heavy atom. The predicted molar refractivity (Wildman–Crippen MR) is 75.2 cm³/mol. The van der Waals surface area contributed by atoms with Gasteiger partial charge in [-0.25, -0.2) is 0 Å². The van der Waals surface area contributed by atoms with Crippen molar-refractivity contribution in [3.8, 4) is 0 Å². The van der Waals surface area contributed by atoms with Crippen molar-refractivity contribution < 1.29 is 14.6 Å². The highest BCUT2D eigenvalue weighted by molar-refractivity contribution is 4.79. The molecule has 3 atom stereocenters. The third-order valence-corrected chi connectivity index (χ3v) is 4.38. The maximum absolute atomic E-state index is 10.1. The molecule has 2 fully saturated rings. The van der Waals surface area contributed by atoms with Crippen molar-refractivity contribution >= 4 is 0 Å². The lowest BCUT2D eigenvalue weighted by molar-refractivity contribution is -0.0680. The zero-order chi connectivity index (χ0) is 13.7. The smallest absolute Gasteiger partial charge is 0.0900 e. The molecule has 4 heteroatoms. The second-order valence-electron chi connectivity index (χ2n) is 6.28. The molecule has 4 nitrogen and oxygen atoms in total. The van der Waals surface area contributed by atoms with Gasteiger partial charge in [-0.3, -0.25) is 4.90 Å². The summed E-state index contributed by atoms with van der Waals surface area (Å²) < 4.78 is 11.1. The Balaban J connectivity index is 1.66. The zero-order valence-electron chi connectivity index (χ0n) is 12.4. The fourth-order valence-electron chi connectivity index (χ4n) is 3.05. The van der Waals surface area contributed by atoms with Crippen molar-refractivity contribution in [3.63, 3.8) is 0 Å². The van der Waals surface area contributed by atoms with Gasteiger partial charge >= 0.3 is 0 Å². The molecule has 2 aliphatic rings. The number of likely N-dealkylation sites (tertiary alicyclic amines) is 1. The predicted octanol–water partition coefficient (Wildman–Crippen LogP) is 1.66. The van der Waals surface area contributed by atoms with E-state index in [4.69, 9.17) is 9.47 Å². The first-order valence-corrected chi connectivity index (χ1v) is 7.76. The zero-order valence-corrected chi connectivity index (χ0v) is 12.4. The summed E-state index contributed by atoms with van der Waals surface area (Å²) in [6.45, 7) is 8.46. The van der Waals surface area contributed by atoms with Crippen molar-refractivity contribution in [2.24, 2.45) is 5.92 Å². The van der Waals surface area contributed by atoms with Gasteiger partial charge in [-0.15, -0.1) is 0 Å². The minimum Gasteiger partial charge on any atom is -0.389 e. The van der Waals surface area contributed by atoms with Crippen molar-refractivity contribution in [2.45, 2.75) is 57.8 Å². The van der Waals surface area contributed by atoms with Crippen LogP contribution in [-0.2, 0) is 9.47 Å². The van der Waals surface area contributed by atoms with Crippen LogP contribution in [0.2, 0.25) is 0 Å². The Morgan fingerprint density at radius 2 is 1.95 bits per heavy atom. The Kier molecular flexibility index (Phi) is 6.07. The van der Waals surface area contributed by atoms with E-state index in [0.717, 1.165) is 45.1 Å². The molecule has 0 saturated carbocycles. The molecule has 1 N–H and O–H groups in total. The summed E-state index contributed by atoms with van der Waals surface area (Å²) in [5.41, 5.74) is 0. The van der Waals surface area contributed by atoms with Gasteiger partial charge in [-0.2, -0.15) is 0 Å². The molecule has 2 heterocycles. The van der Waals surface area contributed by atoms with Gasteiger partial charge in [0.15, 0.2) is 0 Å². The number of piperidine rings is 1. The summed E-state index contributed by atoms with van der Waals surface area (Å²) >= 11 is 0. The summed E-state index contributed by atoms with van der Waals surface area (Å²) in [5.74, 6) is 0.750. The van der Waals surface area contributed by atoms with Crippen molar-refractivity contribution in [1.82, 2.24) is 4.90 Å². The molecular weight excluding hydrogens is 242 g/mol. The van der Waals surface area contributed by atoms with Crippen LogP contribution in [0, 0.1) is 5.92 Å². The largest absolute Gasteiger partial charge is 0.389 e. The molecule has 0 aromatic rings. The third-order valence-electron chi connectivity index (χ3n) is 4.38. The maximum atomic E-state index is 10.1. The lowest BCUT2D eigenvalue weighted by Gasteiger charge is -2.38. The number of hydrogen-bond donors (Lipinski definition) is 1. The summed E-state index contributed by atoms with van der Waals surface area (Å²) in [6, 6.07) is 0.592. The van der Waals surface area contributed by atoms with Crippen molar-refractivity contribution in [1.29, 1.82) is 0 Å². The van der Waals surface area contributed by atoms with E-state index in [0.29, 0.717) is 12.6 Å². The highest BCUT2D eigenvalue weighted by atomic mass is 16.5. The van der Waals surface area contributed by atoms with Gasteiger partial charge in [0, 0.05) is 32.3 Å². The molecule has 0 aromatic carbocycles. The van der Waals surface area contributed by atoms with Crippen LogP contribution in [0.4, 0.5) is 0 Å². The van der Waals surface area contributed by atoms with Gasteiger partial charge in [0.2, 0.25) is 0 Å². The summed E-state index contributed by atoms with van der Waals surface area (Å²) in [4.78, 5) is 2.41. The normalized spacial score (nSPS) is 32.4. The second kappa shape index (κ2) is 7.58. The van der Waals surface area contributed by atoms with E-state index >= 15 is 0 Å². The van der Waals surface area contributed by atoms with Gasteiger partial charge in [-0.05, 0) is 38.5 Å². The Bertz CT molecular complexity index is 256. The summed E-state index contributed by atoms with van der Waals surface area (Å²) in [5, 5.41) is 10.1. The average molecular weight is 271 g/mol. The lowest BCUT2D eigenvalue weighted by atomic mass is 9.95. The highest BCUT2D eigenvalue weighted by Crippen LogP contribution is 2.21. The standard InChI is InChI=1S/C15H29NO3/c1-12-3-4-13(2)16(9-12)10-14(17)11-19-15-5-7-18-8-6-15/h12-15,17H,3-11H2,1-2H3. The molecule has 2 aliphatic heterocycles. The van der Waals surface area contributed by atoms with Crippen LogP contribution in [0.3, 0.4) is 0 Å². The molecule has 2 rings (SSSR count). The van der Waals surface area contributed by atoms with Crippen LogP contribution in [-0.4, -0.2) is 61.2 Å². The van der Waals surface area contributed by atoms with Gasteiger partial charge in [0.1, 0.15) is 0 Å². The quantitative estimate of drug-likeness (QED) is 0.826. The lowest BCUT2D eigenvalue weighted by Crippen LogP contribution is -2.46. The maximum Gasteiger partial charge on any atom is 0.0900 e. The van der Waals surface area contributed by atoms with Gasteiger partial charge < -0.3 is 14.6 Å². The van der Waals surface area contributed by atoms with Crippen LogP contribution in [0.5, 0.6) is 0 Å². The molecule has 0 aliphatic carbocycles. The first kappa shape index (κ1) is 15.2. The molecule has 19 heavy (non-hydrogen) atoms. The second-order valence-corrected chi connectivity index (χ2v) is 6.28. The average Bonchev–Trinajstić information content (AvgIpc) is 2.42. The Morgan fingerprint density at radius 1 is 1.21 bits per heavy atom. The summed E-state index contributed by atoms with van der Waals surface area (Å²) in [6.07, 6.45) is 4.39. The molecule has 0 bridgehead atoms. The van der Waals surface area contributed by atoms with Gasteiger partial charge in [0.05, 0.1) is 18.8 Å². The van der Waals surface area contributed by atoms with E-state index in [1.54, 1.807) is 0 Å². The number of ether oxygens (including phenoxy) is 2. The van der Waals surface area contributed by atoms with E-state index < -0.39 is 0 Å². The molecule has 0 radical (unpaired) electrons. The fraction of sp³-hybridized carbons (Fsp3) is 1.00. The van der Waals surface area contributed by atoms with Crippen LogP contribution in [0.1, 0.15) is 39.5 Å². The van der Waals surface area contributed by atoms with E-state index in [2.05, 4.69) is 18.7 Å². The molecule has 0 aromatic heterocycles. The fourth-order valence-corrected chi connectivity index (χ4v) is 3.05. The van der Waals surface area contributed by atoms with E-state index in [9.17, 15) is 5.11 Å². The van der Waals surface area contributed by atoms with Crippen LogP contribution in [0.15, 0.2) is 0 Å². The van der Waals surface area contributed by atoms with Gasteiger partial charge in [-0.1, -0.05) is 6.92 Å². The molecule has 2 saturated heterocycles. The van der Waals surface area contributed by atoms with Gasteiger partial charge in [0.25, 0.3) is 0 Å². The summed E-state index contributed by atoms with van der Waals surface area (Å²) in [7, 11) is 0. The van der Waals surface area contributed by atoms with E-state index in [1.807, 2.05) is 0 Å². The third kappa shape index (κ3) is 5.03. The number of rotatable bonds is 5. The first-order valence-electron chi connectivity index (χ1n) is 7.76. The number of aliphatic hydroxyl groups is 1. The minimum absolute atomic E-state index is 0.279. The highest BCUT2D eigenvalue weighted by Gasteiger charge is 2.25. The number of hydrogen-bond acceptors (Lipinski definition) is 4.